The number of benzene rings is 2. The molecule has 0 amide bonds. The van der Waals surface area contributed by atoms with Crippen LogP contribution in [0.5, 0.6) is 0 Å². The molecule has 1 nitrogen and oxygen atoms in total. The number of hydrogen-bond donors (Lipinski definition) is 1. The van der Waals surface area contributed by atoms with Gasteiger partial charge in [0.2, 0.25) is 0 Å². The molecule has 0 aromatic heterocycles. The molecule has 0 heterocycles. The first kappa shape index (κ1) is 14.0. The van der Waals surface area contributed by atoms with E-state index in [0.717, 1.165) is 12.0 Å². The van der Waals surface area contributed by atoms with E-state index in [1.165, 1.54) is 11.6 Å². The maximum Gasteiger partial charge on any atom is 0.141 e. The van der Waals surface area contributed by atoms with Gasteiger partial charge in [-0.05, 0) is 43.0 Å². The summed E-state index contributed by atoms with van der Waals surface area (Å²) >= 11 is 5.79. The highest BCUT2D eigenvalue weighted by atomic mass is 35.5. The number of halogens is 2. The molecule has 1 unspecified atom stereocenters. The van der Waals surface area contributed by atoms with Crippen molar-refractivity contribution in [3.63, 3.8) is 0 Å². The molecule has 0 aliphatic heterocycles. The van der Waals surface area contributed by atoms with Crippen molar-refractivity contribution in [1.82, 2.24) is 0 Å². The lowest BCUT2D eigenvalue weighted by Gasteiger charge is -2.25. The lowest BCUT2D eigenvalue weighted by Crippen LogP contribution is -2.40. The molecule has 19 heavy (non-hydrogen) atoms. The van der Waals surface area contributed by atoms with Gasteiger partial charge in [0.15, 0.2) is 0 Å². The van der Waals surface area contributed by atoms with Crippen molar-refractivity contribution in [2.24, 2.45) is 5.73 Å². The Morgan fingerprint density at radius 1 is 1.05 bits per heavy atom. The van der Waals surface area contributed by atoms with E-state index in [4.69, 9.17) is 17.3 Å². The van der Waals surface area contributed by atoms with Gasteiger partial charge in [0.05, 0.1) is 5.02 Å². The molecular weight excluding hydrogens is 261 g/mol. The van der Waals surface area contributed by atoms with Crippen molar-refractivity contribution < 1.29 is 4.39 Å². The summed E-state index contributed by atoms with van der Waals surface area (Å²) in [5.41, 5.74) is 8.09. The van der Waals surface area contributed by atoms with E-state index >= 15 is 0 Å². The lowest BCUT2D eigenvalue weighted by atomic mass is 9.87. The predicted molar refractivity (Wildman–Crippen MR) is 77.9 cm³/mol. The minimum absolute atomic E-state index is 0.146. The van der Waals surface area contributed by atoms with Crippen molar-refractivity contribution in [3.8, 4) is 0 Å². The quantitative estimate of drug-likeness (QED) is 0.899. The van der Waals surface area contributed by atoms with Crippen LogP contribution in [0.15, 0.2) is 48.5 Å². The predicted octanol–water partition coefficient (Wildman–Crippen LogP) is 3.98. The summed E-state index contributed by atoms with van der Waals surface area (Å²) in [5.74, 6) is -0.396. The zero-order chi connectivity index (χ0) is 13.9. The number of hydrogen-bond acceptors (Lipinski definition) is 1. The fraction of sp³-hybridized carbons (Fsp3) is 0.250. The van der Waals surface area contributed by atoms with E-state index in [-0.39, 0.29) is 10.6 Å². The van der Waals surface area contributed by atoms with Crippen LogP contribution in [0.3, 0.4) is 0 Å². The van der Waals surface area contributed by atoms with Crippen LogP contribution < -0.4 is 5.73 Å². The van der Waals surface area contributed by atoms with E-state index in [1.807, 2.05) is 25.1 Å². The van der Waals surface area contributed by atoms with E-state index in [9.17, 15) is 4.39 Å². The summed E-state index contributed by atoms with van der Waals surface area (Å²) in [5, 5.41) is 0.146. The average Bonchev–Trinajstić information content (AvgIpc) is 2.34. The molecule has 2 aromatic rings. The number of rotatable bonds is 4. The third-order valence-electron chi connectivity index (χ3n) is 3.04. The average molecular weight is 278 g/mol. The molecule has 100 valence electrons. The van der Waals surface area contributed by atoms with Gasteiger partial charge in [0, 0.05) is 5.54 Å². The lowest BCUT2D eigenvalue weighted by molar-refractivity contribution is 0.462. The highest BCUT2D eigenvalue weighted by molar-refractivity contribution is 6.30. The first-order valence-electron chi connectivity index (χ1n) is 6.23. The molecule has 2 rings (SSSR count). The summed E-state index contributed by atoms with van der Waals surface area (Å²) in [6, 6.07) is 14.9. The van der Waals surface area contributed by atoms with Crippen molar-refractivity contribution in [2.45, 2.75) is 25.3 Å². The molecule has 0 saturated heterocycles. The van der Waals surface area contributed by atoms with Crippen molar-refractivity contribution >= 4 is 11.6 Å². The van der Waals surface area contributed by atoms with Gasteiger partial charge in [0.1, 0.15) is 5.82 Å². The van der Waals surface area contributed by atoms with Crippen LogP contribution >= 0.6 is 11.6 Å². The van der Waals surface area contributed by atoms with Gasteiger partial charge < -0.3 is 5.73 Å². The standard InChI is InChI=1S/C16H17ClFN/c1-16(19,10-12-5-3-2-4-6-12)11-13-7-8-15(18)14(17)9-13/h2-9H,10-11,19H2,1H3. The van der Waals surface area contributed by atoms with Crippen molar-refractivity contribution in [3.05, 3.63) is 70.5 Å². The summed E-state index contributed by atoms with van der Waals surface area (Å²) in [6.07, 6.45) is 1.42. The fourth-order valence-corrected chi connectivity index (χ4v) is 2.44. The Kier molecular flexibility index (Phi) is 4.23. The van der Waals surface area contributed by atoms with E-state index in [0.29, 0.717) is 6.42 Å². The van der Waals surface area contributed by atoms with Crippen molar-refractivity contribution in [1.29, 1.82) is 0 Å². The Bertz CT molecular complexity index is 552. The minimum Gasteiger partial charge on any atom is -0.325 e. The van der Waals surface area contributed by atoms with Gasteiger partial charge in [-0.15, -0.1) is 0 Å². The minimum atomic E-state index is -0.396. The smallest absolute Gasteiger partial charge is 0.141 e. The summed E-state index contributed by atoms with van der Waals surface area (Å²) in [7, 11) is 0. The monoisotopic (exact) mass is 277 g/mol. The van der Waals surface area contributed by atoms with Crippen LogP contribution in [0.4, 0.5) is 4.39 Å². The Hall–Kier alpha value is -1.38. The largest absolute Gasteiger partial charge is 0.325 e. The van der Waals surface area contributed by atoms with Crippen LogP contribution in [0.2, 0.25) is 5.02 Å². The Morgan fingerprint density at radius 3 is 2.32 bits per heavy atom. The SMILES string of the molecule is CC(N)(Cc1ccccc1)Cc1ccc(F)c(Cl)c1. The molecule has 0 bridgehead atoms. The van der Waals surface area contributed by atoms with Gasteiger partial charge in [0.25, 0.3) is 0 Å². The highest BCUT2D eigenvalue weighted by Gasteiger charge is 2.20. The van der Waals surface area contributed by atoms with Gasteiger partial charge in [-0.3, -0.25) is 0 Å². The molecule has 0 radical (unpaired) electrons. The van der Waals surface area contributed by atoms with Crippen LogP contribution in [0.25, 0.3) is 0 Å². The third kappa shape index (κ3) is 4.05. The Labute approximate surface area is 118 Å². The van der Waals surface area contributed by atoms with E-state index in [2.05, 4.69) is 12.1 Å². The normalized spacial score (nSPS) is 14.1. The maximum absolute atomic E-state index is 13.1. The maximum atomic E-state index is 13.1. The zero-order valence-electron chi connectivity index (χ0n) is 10.9. The summed E-state index contributed by atoms with van der Waals surface area (Å²) in [4.78, 5) is 0. The second kappa shape index (κ2) is 5.72. The van der Waals surface area contributed by atoms with Gasteiger partial charge in [-0.1, -0.05) is 48.0 Å². The summed E-state index contributed by atoms with van der Waals surface area (Å²) < 4.78 is 13.1. The second-order valence-corrected chi connectivity index (χ2v) is 5.65. The third-order valence-corrected chi connectivity index (χ3v) is 3.33. The Morgan fingerprint density at radius 2 is 1.68 bits per heavy atom. The van der Waals surface area contributed by atoms with Crippen LogP contribution in [0.1, 0.15) is 18.1 Å². The molecular formula is C16H17ClFN. The van der Waals surface area contributed by atoms with Crippen LogP contribution in [-0.2, 0) is 12.8 Å². The first-order valence-corrected chi connectivity index (χ1v) is 6.61. The van der Waals surface area contributed by atoms with Gasteiger partial charge >= 0.3 is 0 Å². The Balaban J connectivity index is 2.10. The fourth-order valence-electron chi connectivity index (χ4n) is 2.24. The topological polar surface area (TPSA) is 26.0 Å². The zero-order valence-corrected chi connectivity index (χ0v) is 11.6. The molecule has 0 saturated carbocycles. The van der Waals surface area contributed by atoms with Gasteiger partial charge in [-0.2, -0.15) is 0 Å². The number of nitrogens with two attached hydrogens (primary N) is 1. The van der Waals surface area contributed by atoms with E-state index < -0.39 is 5.82 Å². The molecule has 2 N–H and O–H groups in total. The molecule has 0 aliphatic carbocycles. The molecule has 2 aromatic carbocycles. The van der Waals surface area contributed by atoms with Crippen molar-refractivity contribution in [2.75, 3.05) is 0 Å². The summed E-state index contributed by atoms with van der Waals surface area (Å²) in [6.45, 7) is 2.00. The second-order valence-electron chi connectivity index (χ2n) is 5.24. The molecule has 3 heteroatoms. The van der Waals surface area contributed by atoms with E-state index in [1.54, 1.807) is 12.1 Å². The van der Waals surface area contributed by atoms with Crippen LogP contribution in [0, 0.1) is 5.82 Å². The molecule has 0 spiro atoms. The first-order chi connectivity index (χ1) is 8.96. The highest BCUT2D eigenvalue weighted by Crippen LogP contribution is 2.21. The van der Waals surface area contributed by atoms with Crippen LogP contribution in [-0.4, -0.2) is 5.54 Å². The molecule has 0 aliphatic rings. The molecule has 1 atom stereocenters. The van der Waals surface area contributed by atoms with Gasteiger partial charge in [-0.25, -0.2) is 4.39 Å². The molecule has 0 fully saturated rings.